The number of nitro benzene ring substituents is 1. The van der Waals surface area contributed by atoms with Gasteiger partial charge in [0.15, 0.2) is 0 Å². The number of hydrogen-bond acceptors (Lipinski definition) is 6. The molecule has 2 aliphatic heterocycles. The van der Waals surface area contributed by atoms with Crippen molar-refractivity contribution in [1.82, 2.24) is 15.1 Å². The summed E-state index contributed by atoms with van der Waals surface area (Å²) in [7, 11) is 0. The van der Waals surface area contributed by atoms with E-state index in [4.69, 9.17) is 4.74 Å². The van der Waals surface area contributed by atoms with Crippen LogP contribution in [0.4, 0.5) is 16.2 Å². The Balaban J connectivity index is 1.44. The fraction of sp³-hybridized carbons (Fsp3) is 0.588. The fourth-order valence-corrected chi connectivity index (χ4v) is 3.29. The Kier molecular flexibility index (Phi) is 6.24. The Bertz CT molecular complexity index is 627. The molecule has 0 unspecified atom stereocenters. The lowest BCUT2D eigenvalue weighted by molar-refractivity contribution is -0.384. The number of piperazine rings is 1. The molecular weight excluding hydrogens is 338 g/mol. The Morgan fingerprint density at radius 2 is 1.81 bits per heavy atom. The number of amides is 2. The van der Waals surface area contributed by atoms with Crippen molar-refractivity contribution in [2.75, 3.05) is 70.5 Å². The van der Waals surface area contributed by atoms with Gasteiger partial charge in [-0.25, -0.2) is 4.79 Å². The van der Waals surface area contributed by atoms with Gasteiger partial charge in [0.05, 0.1) is 18.1 Å². The Labute approximate surface area is 152 Å². The molecule has 0 aliphatic carbocycles. The van der Waals surface area contributed by atoms with Crippen LogP contribution in [0.25, 0.3) is 0 Å². The zero-order valence-corrected chi connectivity index (χ0v) is 14.8. The van der Waals surface area contributed by atoms with Gasteiger partial charge in [0.25, 0.3) is 5.69 Å². The van der Waals surface area contributed by atoms with E-state index in [-0.39, 0.29) is 16.6 Å². The summed E-state index contributed by atoms with van der Waals surface area (Å²) in [5, 5.41) is 14.1. The summed E-state index contributed by atoms with van der Waals surface area (Å²) in [6.45, 7) is 7.03. The van der Waals surface area contributed by atoms with Crippen LogP contribution in [0.3, 0.4) is 0 Å². The normalized spacial score (nSPS) is 18.6. The number of morpholine rings is 1. The third-order valence-electron chi connectivity index (χ3n) is 4.79. The molecule has 2 heterocycles. The number of urea groups is 1. The van der Waals surface area contributed by atoms with Crippen LogP contribution in [0.5, 0.6) is 0 Å². The lowest BCUT2D eigenvalue weighted by Gasteiger charge is -2.36. The monoisotopic (exact) mass is 363 g/mol. The van der Waals surface area contributed by atoms with Crippen LogP contribution < -0.4 is 10.2 Å². The molecule has 0 saturated carbocycles. The largest absolute Gasteiger partial charge is 0.379 e. The summed E-state index contributed by atoms with van der Waals surface area (Å²) in [6, 6.07) is 6.67. The molecule has 2 fully saturated rings. The van der Waals surface area contributed by atoms with Gasteiger partial charge < -0.3 is 19.9 Å². The van der Waals surface area contributed by atoms with Crippen LogP contribution in [0.2, 0.25) is 0 Å². The molecule has 0 bridgehead atoms. The predicted octanol–water partition coefficient (Wildman–Crippen LogP) is 0.759. The van der Waals surface area contributed by atoms with Gasteiger partial charge in [-0.2, -0.15) is 0 Å². The van der Waals surface area contributed by atoms with Gasteiger partial charge in [-0.15, -0.1) is 0 Å². The molecule has 0 aromatic heterocycles. The highest BCUT2D eigenvalue weighted by atomic mass is 16.6. The molecule has 9 heteroatoms. The SMILES string of the molecule is O=C(NCCN1CCOCC1)N1CCN(c2ccccc2[N+](=O)[O-])CC1. The number of nitro groups is 1. The molecule has 2 saturated heterocycles. The maximum atomic E-state index is 12.3. The van der Waals surface area contributed by atoms with Crippen molar-refractivity contribution in [2.45, 2.75) is 0 Å². The molecule has 1 aromatic rings. The highest BCUT2D eigenvalue weighted by Crippen LogP contribution is 2.28. The third-order valence-corrected chi connectivity index (χ3v) is 4.79. The van der Waals surface area contributed by atoms with Gasteiger partial charge in [0, 0.05) is 58.4 Å². The summed E-state index contributed by atoms with van der Waals surface area (Å²) in [6.07, 6.45) is 0. The number of carbonyl (C=O) groups is 1. The molecule has 1 aromatic carbocycles. The maximum Gasteiger partial charge on any atom is 0.317 e. The van der Waals surface area contributed by atoms with Crippen molar-refractivity contribution in [1.29, 1.82) is 0 Å². The lowest BCUT2D eigenvalue weighted by atomic mass is 10.2. The number of anilines is 1. The zero-order chi connectivity index (χ0) is 18.4. The fourth-order valence-electron chi connectivity index (χ4n) is 3.29. The van der Waals surface area contributed by atoms with Gasteiger partial charge in [-0.1, -0.05) is 12.1 Å². The van der Waals surface area contributed by atoms with E-state index in [1.54, 1.807) is 23.1 Å². The Morgan fingerprint density at radius 1 is 1.12 bits per heavy atom. The number of para-hydroxylation sites is 2. The number of benzene rings is 1. The van der Waals surface area contributed by atoms with Gasteiger partial charge in [0.1, 0.15) is 5.69 Å². The summed E-state index contributed by atoms with van der Waals surface area (Å²) in [4.78, 5) is 29.1. The lowest BCUT2D eigenvalue weighted by Crippen LogP contribution is -2.53. The number of nitrogens with zero attached hydrogens (tertiary/aromatic N) is 4. The van der Waals surface area contributed by atoms with Crippen LogP contribution in [-0.2, 0) is 4.74 Å². The van der Waals surface area contributed by atoms with Crippen molar-refractivity contribution in [3.05, 3.63) is 34.4 Å². The number of hydrogen-bond donors (Lipinski definition) is 1. The van der Waals surface area contributed by atoms with E-state index in [1.807, 2.05) is 4.90 Å². The minimum Gasteiger partial charge on any atom is -0.379 e. The minimum absolute atomic E-state index is 0.0690. The number of rotatable bonds is 5. The molecule has 26 heavy (non-hydrogen) atoms. The third kappa shape index (κ3) is 4.61. The standard InChI is InChI=1S/C17H25N5O4/c23-17(18-5-6-19-11-13-26-14-12-19)21-9-7-20(8-10-21)15-3-1-2-4-16(15)22(24)25/h1-4H,5-14H2,(H,18,23). The second kappa shape index (κ2) is 8.81. The van der Waals surface area contributed by atoms with E-state index in [0.717, 1.165) is 32.8 Å². The van der Waals surface area contributed by atoms with E-state index < -0.39 is 0 Å². The van der Waals surface area contributed by atoms with Gasteiger partial charge in [0.2, 0.25) is 0 Å². The van der Waals surface area contributed by atoms with E-state index >= 15 is 0 Å². The topological polar surface area (TPSA) is 91.2 Å². The molecule has 9 nitrogen and oxygen atoms in total. The first kappa shape index (κ1) is 18.4. The van der Waals surface area contributed by atoms with E-state index in [2.05, 4.69) is 10.2 Å². The minimum atomic E-state index is -0.361. The van der Waals surface area contributed by atoms with Crippen LogP contribution in [0.15, 0.2) is 24.3 Å². The highest BCUT2D eigenvalue weighted by molar-refractivity contribution is 5.74. The Morgan fingerprint density at radius 3 is 2.50 bits per heavy atom. The first-order valence-corrected chi connectivity index (χ1v) is 8.96. The van der Waals surface area contributed by atoms with Crippen LogP contribution >= 0.6 is 0 Å². The first-order chi connectivity index (χ1) is 12.6. The average molecular weight is 363 g/mol. The maximum absolute atomic E-state index is 12.3. The molecule has 3 rings (SSSR count). The Hall–Kier alpha value is -2.39. The average Bonchev–Trinajstić information content (AvgIpc) is 2.69. The highest BCUT2D eigenvalue weighted by Gasteiger charge is 2.25. The molecule has 0 spiro atoms. The number of ether oxygens (including phenoxy) is 1. The van der Waals surface area contributed by atoms with Crippen LogP contribution in [0.1, 0.15) is 0 Å². The van der Waals surface area contributed by atoms with Crippen molar-refractivity contribution in [2.24, 2.45) is 0 Å². The molecule has 0 radical (unpaired) electrons. The zero-order valence-electron chi connectivity index (χ0n) is 14.8. The van der Waals surface area contributed by atoms with Gasteiger partial charge >= 0.3 is 6.03 Å². The van der Waals surface area contributed by atoms with Crippen molar-refractivity contribution in [3.63, 3.8) is 0 Å². The van der Waals surface area contributed by atoms with Crippen LogP contribution in [-0.4, -0.2) is 86.3 Å². The first-order valence-electron chi connectivity index (χ1n) is 8.96. The van der Waals surface area contributed by atoms with Gasteiger partial charge in [-0.05, 0) is 6.07 Å². The van der Waals surface area contributed by atoms with E-state index in [1.165, 1.54) is 6.07 Å². The number of nitrogens with one attached hydrogen (secondary N) is 1. The van der Waals surface area contributed by atoms with E-state index in [0.29, 0.717) is 38.4 Å². The molecule has 2 aliphatic rings. The molecular formula is C17H25N5O4. The predicted molar refractivity (Wildman–Crippen MR) is 97.5 cm³/mol. The molecule has 142 valence electrons. The summed E-state index contributed by atoms with van der Waals surface area (Å²) in [5.74, 6) is 0. The molecule has 0 atom stereocenters. The van der Waals surface area contributed by atoms with Crippen molar-refractivity contribution < 1.29 is 14.5 Å². The second-order valence-electron chi connectivity index (χ2n) is 6.41. The number of carbonyl (C=O) groups excluding carboxylic acids is 1. The molecule has 2 amide bonds. The van der Waals surface area contributed by atoms with Crippen molar-refractivity contribution in [3.8, 4) is 0 Å². The van der Waals surface area contributed by atoms with E-state index in [9.17, 15) is 14.9 Å². The quantitative estimate of drug-likeness (QED) is 0.613. The van der Waals surface area contributed by atoms with Crippen LogP contribution in [0, 0.1) is 10.1 Å². The van der Waals surface area contributed by atoms with Crippen molar-refractivity contribution >= 4 is 17.4 Å². The second-order valence-corrected chi connectivity index (χ2v) is 6.41. The summed E-state index contributed by atoms with van der Waals surface area (Å²) in [5.41, 5.74) is 0.723. The smallest absolute Gasteiger partial charge is 0.317 e. The van der Waals surface area contributed by atoms with Gasteiger partial charge in [-0.3, -0.25) is 15.0 Å². The summed E-state index contributed by atoms with van der Waals surface area (Å²) < 4.78 is 5.31. The molecule has 1 N–H and O–H groups in total. The summed E-state index contributed by atoms with van der Waals surface area (Å²) >= 11 is 0.